The van der Waals surface area contributed by atoms with E-state index < -0.39 is 0 Å². The molecule has 7 aromatic carbocycles. The molecule has 3 nitrogen and oxygen atoms in total. The van der Waals surface area contributed by atoms with Crippen molar-refractivity contribution in [1.29, 1.82) is 0 Å². The summed E-state index contributed by atoms with van der Waals surface area (Å²) in [7, 11) is 0. The Balaban J connectivity index is 1.24. The predicted octanol–water partition coefficient (Wildman–Crippen LogP) is 12.1. The van der Waals surface area contributed by atoms with Gasteiger partial charge in [0.1, 0.15) is 11.1 Å². The average molecular weight is 589 g/mol. The van der Waals surface area contributed by atoms with Crippen LogP contribution in [0.2, 0.25) is 0 Å². The standard InChI is InChI=1S/C43H28N2O/c1-2-9-29(10-3-1)30-18-23-34(24-19-30)45(35-25-20-32(21-26-35)37-15-6-12-31-11-4-5-14-36(31)37)39-16-7-17-40-41(39)38-27-22-33-13-8-28-44-42(33)43(38)46-40/h1-28H. The first-order valence-electron chi connectivity index (χ1n) is 15.5. The van der Waals surface area contributed by atoms with Gasteiger partial charge in [-0.15, -0.1) is 0 Å². The highest BCUT2D eigenvalue weighted by Crippen LogP contribution is 2.44. The average Bonchev–Trinajstić information content (AvgIpc) is 3.53. The van der Waals surface area contributed by atoms with E-state index in [0.717, 1.165) is 49.9 Å². The van der Waals surface area contributed by atoms with Crippen LogP contribution < -0.4 is 4.90 Å². The van der Waals surface area contributed by atoms with Crippen molar-refractivity contribution in [3.63, 3.8) is 0 Å². The van der Waals surface area contributed by atoms with Gasteiger partial charge in [-0.1, -0.05) is 115 Å². The second kappa shape index (κ2) is 10.8. The Morgan fingerprint density at radius 3 is 1.96 bits per heavy atom. The Bertz CT molecular complexity index is 2510. The van der Waals surface area contributed by atoms with Crippen molar-refractivity contribution in [3.05, 3.63) is 170 Å². The molecule has 2 aromatic heterocycles. The molecular weight excluding hydrogens is 560 g/mol. The van der Waals surface area contributed by atoms with E-state index in [9.17, 15) is 0 Å². The van der Waals surface area contributed by atoms with Crippen LogP contribution in [0.1, 0.15) is 0 Å². The third-order valence-electron chi connectivity index (χ3n) is 8.91. The van der Waals surface area contributed by atoms with Crippen molar-refractivity contribution in [1.82, 2.24) is 4.98 Å². The smallest absolute Gasteiger partial charge is 0.161 e. The van der Waals surface area contributed by atoms with Gasteiger partial charge in [-0.05, 0) is 81.6 Å². The monoisotopic (exact) mass is 588 g/mol. The maximum atomic E-state index is 6.53. The Hall–Kier alpha value is -6.19. The van der Waals surface area contributed by atoms with E-state index in [0.29, 0.717) is 0 Å². The SMILES string of the molecule is c1ccc(-c2ccc(N(c3ccc(-c4cccc5ccccc45)cc3)c3cccc4oc5c(ccc6cccnc65)c34)cc2)cc1. The molecule has 0 radical (unpaired) electrons. The predicted molar refractivity (Wildman–Crippen MR) is 192 cm³/mol. The van der Waals surface area contributed by atoms with Crippen molar-refractivity contribution in [2.45, 2.75) is 0 Å². The quantitative estimate of drug-likeness (QED) is 0.200. The molecule has 0 saturated heterocycles. The van der Waals surface area contributed by atoms with Gasteiger partial charge >= 0.3 is 0 Å². The summed E-state index contributed by atoms with van der Waals surface area (Å²) in [6, 6.07) is 57.9. The van der Waals surface area contributed by atoms with E-state index in [4.69, 9.17) is 4.42 Å². The number of fused-ring (bicyclic) bond motifs is 6. The van der Waals surface area contributed by atoms with Crippen LogP contribution >= 0.6 is 0 Å². The van der Waals surface area contributed by atoms with Crippen molar-refractivity contribution in [2.24, 2.45) is 0 Å². The summed E-state index contributed by atoms with van der Waals surface area (Å²) in [5.74, 6) is 0. The van der Waals surface area contributed by atoms with Gasteiger partial charge in [-0.3, -0.25) is 4.98 Å². The molecule has 0 amide bonds. The van der Waals surface area contributed by atoms with Crippen LogP contribution in [0, 0.1) is 0 Å². The molecule has 3 heteroatoms. The summed E-state index contributed by atoms with van der Waals surface area (Å²) in [5.41, 5.74) is 10.5. The number of furan rings is 1. The minimum atomic E-state index is 0.811. The Morgan fingerprint density at radius 2 is 1.13 bits per heavy atom. The van der Waals surface area contributed by atoms with E-state index in [1.165, 1.54) is 33.0 Å². The Labute approximate surface area is 266 Å². The van der Waals surface area contributed by atoms with Gasteiger partial charge in [0.05, 0.1) is 11.1 Å². The van der Waals surface area contributed by atoms with Gasteiger partial charge in [0.2, 0.25) is 0 Å². The molecule has 0 aliphatic rings. The van der Waals surface area contributed by atoms with E-state index in [-0.39, 0.29) is 0 Å². The summed E-state index contributed by atoms with van der Waals surface area (Å²) in [6.07, 6.45) is 1.83. The number of pyridine rings is 1. The minimum absolute atomic E-state index is 0.811. The molecule has 2 heterocycles. The van der Waals surface area contributed by atoms with Gasteiger partial charge in [0.25, 0.3) is 0 Å². The lowest BCUT2D eigenvalue weighted by Gasteiger charge is -2.26. The van der Waals surface area contributed by atoms with Crippen LogP contribution in [0.3, 0.4) is 0 Å². The van der Waals surface area contributed by atoms with Crippen LogP contribution in [0.25, 0.3) is 65.9 Å². The third-order valence-corrected chi connectivity index (χ3v) is 8.91. The zero-order valence-corrected chi connectivity index (χ0v) is 25.0. The molecule has 216 valence electrons. The summed E-state index contributed by atoms with van der Waals surface area (Å²) in [4.78, 5) is 7.02. The van der Waals surface area contributed by atoms with Crippen LogP contribution in [0.5, 0.6) is 0 Å². The zero-order valence-electron chi connectivity index (χ0n) is 25.0. The molecule has 0 unspecified atom stereocenters. The lowest BCUT2D eigenvalue weighted by atomic mass is 9.98. The lowest BCUT2D eigenvalue weighted by molar-refractivity contribution is 0.671. The Kier molecular flexibility index (Phi) is 6.14. The number of hydrogen-bond donors (Lipinski definition) is 0. The maximum Gasteiger partial charge on any atom is 0.161 e. The highest BCUT2D eigenvalue weighted by Gasteiger charge is 2.21. The number of anilines is 3. The van der Waals surface area contributed by atoms with E-state index >= 15 is 0 Å². The molecule has 0 saturated carbocycles. The molecule has 46 heavy (non-hydrogen) atoms. The number of rotatable bonds is 5. The molecule has 0 atom stereocenters. The number of benzene rings is 7. The molecular formula is C43H28N2O. The molecule has 0 bridgehead atoms. The van der Waals surface area contributed by atoms with Crippen molar-refractivity contribution in [3.8, 4) is 22.3 Å². The molecule has 9 aromatic rings. The van der Waals surface area contributed by atoms with Gasteiger partial charge < -0.3 is 9.32 Å². The van der Waals surface area contributed by atoms with Crippen molar-refractivity contribution in [2.75, 3.05) is 4.90 Å². The fourth-order valence-corrected chi connectivity index (χ4v) is 6.72. The summed E-state index contributed by atoms with van der Waals surface area (Å²) < 4.78 is 6.53. The molecule has 0 spiro atoms. The van der Waals surface area contributed by atoms with Crippen LogP contribution in [-0.2, 0) is 0 Å². The van der Waals surface area contributed by atoms with Crippen LogP contribution in [0.4, 0.5) is 17.1 Å². The highest BCUT2D eigenvalue weighted by molar-refractivity contribution is 6.18. The number of aromatic nitrogens is 1. The van der Waals surface area contributed by atoms with E-state index in [1.54, 1.807) is 0 Å². The second-order valence-electron chi connectivity index (χ2n) is 11.6. The fraction of sp³-hybridized carbons (Fsp3) is 0. The molecule has 9 rings (SSSR count). The van der Waals surface area contributed by atoms with Gasteiger partial charge in [-0.25, -0.2) is 0 Å². The lowest BCUT2D eigenvalue weighted by Crippen LogP contribution is -2.10. The van der Waals surface area contributed by atoms with Gasteiger partial charge in [0, 0.05) is 28.3 Å². The number of hydrogen-bond acceptors (Lipinski definition) is 3. The van der Waals surface area contributed by atoms with Crippen LogP contribution in [-0.4, -0.2) is 4.98 Å². The molecule has 0 aliphatic carbocycles. The first-order chi connectivity index (χ1) is 22.8. The first-order valence-corrected chi connectivity index (χ1v) is 15.5. The van der Waals surface area contributed by atoms with Crippen LogP contribution in [0.15, 0.2) is 174 Å². The first kappa shape index (κ1) is 26.2. The third kappa shape index (κ3) is 4.33. The van der Waals surface area contributed by atoms with Crippen molar-refractivity contribution >= 4 is 60.7 Å². The summed E-state index contributed by atoms with van der Waals surface area (Å²) in [5, 5.41) is 5.67. The van der Waals surface area contributed by atoms with E-state index in [2.05, 4.69) is 162 Å². The normalized spacial score (nSPS) is 11.5. The molecule has 0 fully saturated rings. The second-order valence-corrected chi connectivity index (χ2v) is 11.6. The zero-order chi connectivity index (χ0) is 30.5. The fourth-order valence-electron chi connectivity index (χ4n) is 6.72. The largest absolute Gasteiger partial charge is 0.454 e. The van der Waals surface area contributed by atoms with E-state index in [1.807, 2.05) is 18.3 Å². The van der Waals surface area contributed by atoms with Gasteiger partial charge in [0.15, 0.2) is 5.58 Å². The summed E-state index contributed by atoms with van der Waals surface area (Å²) in [6.45, 7) is 0. The summed E-state index contributed by atoms with van der Waals surface area (Å²) >= 11 is 0. The molecule has 0 N–H and O–H groups in total. The number of nitrogens with zero attached hydrogens (tertiary/aromatic N) is 2. The highest BCUT2D eigenvalue weighted by atomic mass is 16.3. The molecule has 0 aliphatic heterocycles. The Morgan fingerprint density at radius 1 is 0.457 bits per heavy atom. The van der Waals surface area contributed by atoms with Crippen molar-refractivity contribution < 1.29 is 4.42 Å². The maximum absolute atomic E-state index is 6.53. The topological polar surface area (TPSA) is 29.3 Å². The van der Waals surface area contributed by atoms with Gasteiger partial charge in [-0.2, -0.15) is 0 Å². The minimum Gasteiger partial charge on any atom is -0.454 e.